The molecule has 0 fully saturated rings. The van der Waals surface area contributed by atoms with Crippen LogP contribution >= 0.6 is 0 Å². The van der Waals surface area contributed by atoms with E-state index in [9.17, 15) is 0 Å². The first-order chi connectivity index (χ1) is 5.88. The lowest BCUT2D eigenvalue weighted by atomic mass is 10.1. The molecule has 1 rings (SSSR count). The number of nitrogens with one attached hydrogen (secondary N) is 1. The summed E-state index contributed by atoms with van der Waals surface area (Å²) in [6.07, 6.45) is 6.61. The van der Waals surface area contributed by atoms with E-state index < -0.39 is 0 Å². The van der Waals surface area contributed by atoms with Gasteiger partial charge in [0.15, 0.2) is 0 Å². The Morgan fingerprint density at radius 3 is 3.08 bits per heavy atom. The molecule has 70 valence electrons. The number of hydrogen-bond donors (Lipinski definition) is 2. The molecule has 0 spiro atoms. The van der Waals surface area contributed by atoms with E-state index in [1.165, 1.54) is 12.8 Å². The van der Waals surface area contributed by atoms with Crippen molar-refractivity contribution in [2.75, 3.05) is 6.61 Å². The third-order valence-electron chi connectivity index (χ3n) is 2.12. The summed E-state index contributed by atoms with van der Waals surface area (Å²) in [6, 6.07) is 0.229. The smallest absolute Gasteiger partial charge is 0.110 e. The van der Waals surface area contributed by atoms with Crippen LogP contribution in [0.2, 0.25) is 0 Å². The Balaban J connectivity index is 2.33. The lowest BCUT2D eigenvalue weighted by Crippen LogP contribution is -2.36. The van der Waals surface area contributed by atoms with E-state index in [1.54, 1.807) is 0 Å². The third-order valence-corrected chi connectivity index (χ3v) is 2.12. The Morgan fingerprint density at radius 2 is 2.58 bits per heavy atom. The quantitative estimate of drug-likeness (QED) is 0.483. The predicted molar refractivity (Wildman–Crippen MR) is 49.3 cm³/mol. The van der Waals surface area contributed by atoms with Gasteiger partial charge in [-0.25, -0.2) is 5.43 Å². The van der Waals surface area contributed by atoms with Gasteiger partial charge in [0, 0.05) is 6.42 Å². The van der Waals surface area contributed by atoms with E-state index in [0.29, 0.717) is 0 Å². The molecule has 12 heavy (non-hydrogen) atoms. The minimum Gasteiger partial charge on any atom is -0.496 e. The molecule has 0 aromatic heterocycles. The van der Waals surface area contributed by atoms with E-state index in [-0.39, 0.29) is 6.04 Å². The van der Waals surface area contributed by atoms with Crippen molar-refractivity contribution in [2.24, 2.45) is 5.84 Å². The molecule has 0 aliphatic carbocycles. The van der Waals surface area contributed by atoms with Crippen molar-refractivity contribution in [2.45, 2.75) is 38.6 Å². The maximum atomic E-state index is 5.42. The van der Waals surface area contributed by atoms with Gasteiger partial charge >= 0.3 is 0 Å². The summed E-state index contributed by atoms with van der Waals surface area (Å²) in [6.45, 7) is 3.00. The zero-order valence-corrected chi connectivity index (χ0v) is 7.68. The molecule has 3 heteroatoms. The average molecular weight is 170 g/mol. The lowest BCUT2D eigenvalue weighted by Gasteiger charge is -2.16. The van der Waals surface area contributed by atoms with Gasteiger partial charge in [0.2, 0.25) is 0 Å². The summed E-state index contributed by atoms with van der Waals surface area (Å²) in [5.41, 5.74) is 2.79. The summed E-state index contributed by atoms with van der Waals surface area (Å²) in [5, 5.41) is 0. The highest BCUT2D eigenvalue weighted by atomic mass is 16.5. The molecule has 1 atom stereocenters. The Bertz CT molecular complexity index is 157. The molecule has 3 N–H and O–H groups in total. The number of hydrazine groups is 1. The second kappa shape index (κ2) is 5.17. The number of rotatable bonds is 5. The van der Waals surface area contributed by atoms with Gasteiger partial charge in [0.1, 0.15) is 5.76 Å². The van der Waals surface area contributed by atoms with Crippen LogP contribution in [0.15, 0.2) is 11.8 Å². The molecule has 1 unspecified atom stereocenters. The van der Waals surface area contributed by atoms with Gasteiger partial charge in [-0.1, -0.05) is 19.8 Å². The second-order valence-electron chi connectivity index (χ2n) is 3.11. The first kappa shape index (κ1) is 9.55. The van der Waals surface area contributed by atoms with E-state index >= 15 is 0 Å². The number of hydrogen-bond acceptors (Lipinski definition) is 3. The largest absolute Gasteiger partial charge is 0.496 e. The Kier molecular flexibility index (Phi) is 4.11. The van der Waals surface area contributed by atoms with Crippen LogP contribution < -0.4 is 11.3 Å². The van der Waals surface area contributed by atoms with Crippen molar-refractivity contribution < 1.29 is 4.74 Å². The van der Waals surface area contributed by atoms with E-state index in [4.69, 9.17) is 10.6 Å². The van der Waals surface area contributed by atoms with Crippen LogP contribution in [0.3, 0.4) is 0 Å². The molecule has 0 aromatic rings. The molecule has 0 aromatic carbocycles. The molecule has 1 heterocycles. The molecule has 0 bridgehead atoms. The molecule has 3 nitrogen and oxygen atoms in total. The normalized spacial score (nSPS) is 18.7. The van der Waals surface area contributed by atoms with Gasteiger partial charge in [0.25, 0.3) is 0 Å². The summed E-state index contributed by atoms with van der Waals surface area (Å²) in [7, 11) is 0. The Labute approximate surface area is 73.9 Å². The highest BCUT2D eigenvalue weighted by Crippen LogP contribution is 2.16. The average Bonchev–Trinajstić information content (AvgIpc) is 2.59. The van der Waals surface area contributed by atoms with Gasteiger partial charge in [-0.15, -0.1) is 0 Å². The van der Waals surface area contributed by atoms with Gasteiger partial charge in [-0.2, -0.15) is 0 Å². The topological polar surface area (TPSA) is 47.3 Å². The van der Waals surface area contributed by atoms with Gasteiger partial charge in [0.05, 0.1) is 12.6 Å². The number of ether oxygens (including phenoxy) is 1. The lowest BCUT2D eigenvalue weighted by molar-refractivity contribution is 0.211. The minimum atomic E-state index is 0.229. The Morgan fingerprint density at radius 1 is 1.75 bits per heavy atom. The monoisotopic (exact) mass is 170 g/mol. The number of unbranched alkanes of at least 4 members (excludes halogenated alkanes) is 1. The van der Waals surface area contributed by atoms with Crippen molar-refractivity contribution in [1.82, 2.24) is 5.43 Å². The molecule has 1 aliphatic rings. The molecule has 0 amide bonds. The summed E-state index contributed by atoms with van der Waals surface area (Å²) >= 11 is 0. The zero-order valence-electron chi connectivity index (χ0n) is 7.68. The van der Waals surface area contributed by atoms with Crippen LogP contribution in [0.4, 0.5) is 0 Å². The molecule has 0 saturated carbocycles. The van der Waals surface area contributed by atoms with Crippen LogP contribution in [0, 0.1) is 0 Å². The van der Waals surface area contributed by atoms with Crippen molar-refractivity contribution >= 4 is 0 Å². The van der Waals surface area contributed by atoms with Crippen molar-refractivity contribution in [3.8, 4) is 0 Å². The highest BCUT2D eigenvalue weighted by Gasteiger charge is 2.16. The van der Waals surface area contributed by atoms with Crippen LogP contribution in [0.25, 0.3) is 0 Å². The van der Waals surface area contributed by atoms with Gasteiger partial charge in [-0.05, 0) is 12.5 Å². The minimum absolute atomic E-state index is 0.229. The van der Waals surface area contributed by atoms with Crippen LogP contribution in [-0.2, 0) is 4.74 Å². The molecule has 0 saturated heterocycles. The summed E-state index contributed by atoms with van der Waals surface area (Å²) < 4.78 is 5.42. The first-order valence-corrected chi connectivity index (χ1v) is 4.67. The highest BCUT2D eigenvalue weighted by molar-refractivity contribution is 5.06. The van der Waals surface area contributed by atoms with Gasteiger partial charge < -0.3 is 4.74 Å². The van der Waals surface area contributed by atoms with Crippen LogP contribution in [0.1, 0.15) is 32.6 Å². The van der Waals surface area contributed by atoms with E-state index in [0.717, 1.165) is 25.2 Å². The molecule has 1 aliphatic heterocycles. The van der Waals surface area contributed by atoms with E-state index in [1.807, 2.05) is 0 Å². The zero-order chi connectivity index (χ0) is 8.81. The maximum absolute atomic E-state index is 5.42. The van der Waals surface area contributed by atoms with Crippen molar-refractivity contribution in [1.29, 1.82) is 0 Å². The molecule has 0 radical (unpaired) electrons. The van der Waals surface area contributed by atoms with Crippen molar-refractivity contribution in [3.63, 3.8) is 0 Å². The predicted octanol–water partition coefficient (Wildman–Crippen LogP) is 1.31. The summed E-state index contributed by atoms with van der Waals surface area (Å²) in [5.74, 6) is 6.46. The fraction of sp³-hybridized carbons (Fsp3) is 0.778. The number of nitrogens with two attached hydrogens (primary N) is 1. The van der Waals surface area contributed by atoms with Crippen LogP contribution in [-0.4, -0.2) is 12.6 Å². The molecular weight excluding hydrogens is 152 g/mol. The fourth-order valence-electron chi connectivity index (χ4n) is 1.40. The second-order valence-corrected chi connectivity index (χ2v) is 3.11. The maximum Gasteiger partial charge on any atom is 0.110 e. The first-order valence-electron chi connectivity index (χ1n) is 4.67. The van der Waals surface area contributed by atoms with Crippen LogP contribution in [0.5, 0.6) is 0 Å². The SMILES string of the molecule is CCCCC(NN)C1=CCCO1. The van der Waals surface area contributed by atoms with Gasteiger partial charge in [-0.3, -0.25) is 5.84 Å². The fourth-order valence-corrected chi connectivity index (χ4v) is 1.40. The summed E-state index contributed by atoms with van der Waals surface area (Å²) in [4.78, 5) is 0. The van der Waals surface area contributed by atoms with E-state index in [2.05, 4.69) is 18.4 Å². The third kappa shape index (κ3) is 2.50. The van der Waals surface area contributed by atoms with Crippen molar-refractivity contribution in [3.05, 3.63) is 11.8 Å². The molecular formula is C9H18N2O. The Hall–Kier alpha value is -0.540. The standard InChI is InChI=1S/C9H18N2O/c1-2-3-5-8(11-10)9-6-4-7-12-9/h6,8,11H,2-5,7,10H2,1H3.